The summed E-state index contributed by atoms with van der Waals surface area (Å²) in [5, 5.41) is 3.45. The van der Waals surface area contributed by atoms with E-state index in [1.807, 2.05) is 0 Å². The molecule has 1 N–H and O–H groups in total. The van der Waals surface area contributed by atoms with Crippen LogP contribution in [0.25, 0.3) is 0 Å². The Morgan fingerprint density at radius 3 is 2.50 bits per heavy atom. The van der Waals surface area contributed by atoms with E-state index in [1.54, 1.807) is 0 Å². The van der Waals surface area contributed by atoms with Crippen molar-refractivity contribution in [3.63, 3.8) is 0 Å². The molecule has 112 valence electrons. The molecule has 0 spiro atoms. The second-order valence-electron chi connectivity index (χ2n) is 6.52. The maximum absolute atomic E-state index is 3.45. The van der Waals surface area contributed by atoms with Crippen molar-refractivity contribution in [3.05, 3.63) is 35.4 Å². The Morgan fingerprint density at radius 1 is 1.20 bits per heavy atom. The molecule has 1 heterocycles. The number of benzene rings is 1. The van der Waals surface area contributed by atoms with Gasteiger partial charge < -0.3 is 5.32 Å². The third-order valence-corrected chi connectivity index (χ3v) is 4.44. The standard InChI is InChI=1S/C18H30N2/c1-4-10-19-12-16-5-7-17(8-6-16)13-20-11-9-18(14-20)15(2)3/h5-8,15,18-19H,4,9-14H2,1-3H3. The molecule has 1 aromatic carbocycles. The highest BCUT2D eigenvalue weighted by atomic mass is 15.1. The van der Waals surface area contributed by atoms with E-state index in [9.17, 15) is 0 Å². The van der Waals surface area contributed by atoms with Crippen molar-refractivity contribution in [3.8, 4) is 0 Å². The summed E-state index contributed by atoms with van der Waals surface area (Å²) in [6.45, 7) is 12.7. The van der Waals surface area contributed by atoms with Crippen molar-refractivity contribution in [1.29, 1.82) is 0 Å². The monoisotopic (exact) mass is 274 g/mol. The van der Waals surface area contributed by atoms with Gasteiger partial charge in [0.1, 0.15) is 0 Å². The highest BCUT2D eigenvalue weighted by molar-refractivity contribution is 5.22. The van der Waals surface area contributed by atoms with Gasteiger partial charge >= 0.3 is 0 Å². The molecule has 1 aliphatic heterocycles. The molecule has 1 fully saturated rings. The fourth-order valence-electron chi connectivity index (χ4n) is 2.98. The van der Waals surface area contributed by atoms with Gasteiger partial charge in [0.15, 0.2) is 0 Å². The number of nitrogens with zero attached hydrogens (tertiary/aromatic N) is 1. The van der Waals surface area contributed by atoms with Crippen LogP contribution in [-0.4, -0.2) is 24.5 Å². The summed E-state index contributed by atoms with van der Waals surface area (Å²) in [5.74, 6) is 1.72. The van der Waals surface area contributed by atoms with E-state index in [0.29, 0.717) is 0 Å². The summed E-state index contributed by atoms with van der Waals surface area (Å²) in [6, 6.07) is 9.14. The molecule has 2 nitrogen and oxygen atoms in total. The van der Waals surface area contributed by atoms with E-state index in [-0.39, 0.29) is 0 Å². The average Bonchev–Trinajstić information content (AvgIpc) is 2.90. The van der Waals surface area contributed by atoms with E-state index in [4.69, 9.17) is 0 Å². The predicted octanol–water partition coefficient (Wildman–Crippen LogP) is 3.66. The molecule has 2 heteroatoms. The first-order valence-corrected chi connectivity index (χ1v) is 8.20. The predicted molar refractivity (Wildman–Crippen MR) is 86.7 cm³/mol. The molecular weight excluding hydrogens is 244 g/mol. The number of nitrogens with one attached hydrogen (secondary N) is 1. The molecule has 0 saturated carbocycles. The second-order valence-corrected chi connectivity index (χ2v) is 6.52. The lowest BCUT2D eigenvalue weighted by Gasteiger charge is -2.18. The van der Waals surface area contributed by atoms with Crippen LogP contribution in [0.5, 0.6) is 0 Å². The fraction of sp³-hybridized carbons (Fsp3) is 0.667. The van der Waals surface area contributed by atoms with Crippen molar-refractivity contribution in [2.45, 2.75) is 46.7 Å². The lowest BCUT2D eigenvalue weighted by Crippen LogP contribution is -2.21. The van der Waals surface area contributed by atoms with Crippen LogP contribution in [-0.2, 0) is 13.1 Å². The number of hydrogen-bond acceptors (Lipinski definition) is 2. The molecule has 0 radical (unpaired) electrons. The van der Waals surface area contributed by atoms with Gasteiger partial charge in [-0.2, -0.15) is 0 Å². The largest absolute Gasteiger partial charge is 0.313 e. The Labute approximate surface area is 124 Å². The smallest absolute Gasteiger partial charge is 0.0233 e. The third kappa shape index (κ3) is 4.60. The minimum Gasteiger partial charge on any atom is -0.313 e. The molecule has 0 amide bonds. The van der Waals surface area contributed by atoms with Gasteiger partial charge in [0, 0.05) is 19.6 Å². The van der Waals surface area contributed by atoms with Gasteiger partial charge in [-0.05, 0) is 48.9 Å². The van der Waals surface area contributed by atoms with Gasteiger partial charge in [-0.25, -0.2) is 0 Å². The lowest BCUT2D eigenvalue weighted by molar-refractivity contribution is 0.297. The van der Waals surface area contributed by atoms with Crippen LogP contribution < -0.4 is 5.32 Å². The molecular formula is C18H30N2. The summed E-state index contributed by atoms with van der Waals surface area (Å²) in [5.41, 5.74) is 2.84. The highest BCUT2D eigenvalue weighted by Crippen LogP contribution is 2.24. The topological polar surface area (TPSA) is 15.3 Å². The van der Waals surface area contributed by atoms with Gasteiger partial charge in [0.05, 0.1) is 0 Å². The number of hydrogen-bond donors (Lipinski definition) is 1. The molecule has 20 heavy (non-hydrogen) atoms. The molecule has 1 saturated heterocycles. The van der Waals surface area contributed by atoms with Crippen molar-refractivity contribution >= 4 is 0 Å². The maximum atomic E-state index is 3.45. The van der Waals surface area contributed by atoms with E-state index < -0.39 is 0 Å². The Morgan fingerprint density at radius 2 is 1.90 bits per heavy atom. The van der Waals surface area contributed by atoms with Crippen molar-refractivity contribution in [2.24, 2.45) is 11.8 Å². The van der Waals surface area contributed by atoms with Crippen LogP contribution in [0.15, 0.2) is 24.3 Å². The first kappa shape index (κ1) is 15.5. The molecule has 1 aromatic rings. The molecule has 0 aromatic heterocycles. The molecule has 1 atom stereocenters. The van der Waals surface area contributed by atoms with Gasteiger partial charge in [-0.15, -0.1) is 0 Å². The van der Waals surface area contributed by atoms with E-state index in [2.05, 4.69) is 55.3 Å². The van der Waals surface area contributed by atoms with Gasteiger partial charge in [0.2, 0.25) is 0 Å². The zero-order chi connectivity index (χ0) is 14.4. The summed E-state index contributed by atoms with van der Waals surface area (Å²) in [6.07, 6.45) is 2.57. The highest BCUT2D eigenvalue weighted by Gasteiger charge is 2.24. The second kappa shape index (κ2) is 7.80. The van der Waals surface area contributed by atoms with Gasteiger partial charge in [0.25, 0.3) is 0 Å². The van der Waals surface area contributed by atoms with Crippen LogP contribution in [0.4, 0.5) is 0 Å². The molecule has 0 bridgehead atoms. The van der Waals surface area contributed by atoms with Crippen molar-refractivity contribution in [1.82, 2.24) is 10.2 Å². The summed E-state index contributed by atoms with van der Waals surface area (Å²) in [4.78, 5) is 2.61. The van der Waals surface area contributed by atoms with E-state index in [0.717, 1.165) is 31.5 Å². The number of rotatable bonds is 7. The van der Waals surface area contributed by atoms with Gasteiger partial charge in [-0.1, -0.05) is 45.0 Å². The zero-order valence-corrected chi connectivity index (χ0v) is 13.4. The average molecular weight is 274 g/mol. The van der Waals surface area contributed by atoms with Crippen molar-refractivity contribution in [2.75, 3.05) is 19.6 Å². The normalized spacial score (nSPS) is 19.9. The number of likely N-dealkylation sites (tertiary alicyclic amines) is 1. The molecule has 1 unspecified atom stereocenters. The third-order valence-electron chi connectivity index (χ3n) is 4.44. The van der Waals surface area contributed by atoms with Crippen LogP contribution in [0.2, 0.25) is 0 Å². The summed E-state index contributed by atoms with van der Waals surface area (Å²) < 4.78 is 0. The van der Waals surface area contributed by atoms with Crippen LogP contribution in [0.3, 0.4) is 0 Å². The zero-order valence-electron chi connectivity index (χ0n) is 13.4. The van der Waals surface area contributed by atoms with Crippen molar-refractivity contribution < 1.29 is 0 Å². The Kier molecular flexibility index (Phi) is 6.06. The van der Waals surface area contributed by atoms with E-state index >= 15 is 0 Å². The minimum absolute atomic E-state index is 0.826. The Bertz CT molecular complexity index is 383. The van der Waals surface area contributed by atoms with E-state index in [1.165, 1.54) is 37.1 Å². The van der Waals surface area contributed by atoms with Crippen LogP contribution >= 0.6 is 0 Å². The minimum atomic E-state index is 0.826. The first-order valence-electron chi connectivity index (χ1n) is 8.20. The van der Waals surface area contributed by atoms with Gasteiger partial charge in [-0.3, -0.25) is 4.90 Å². The lowest BCUT2D eigenvalue weighted by atomic mass is 9.95. The fourth-order valence-corrected chi connectivity index (χ4v) is 2.98. The first-order chi connectivity index (χ1) is 9.69. The molecule has 0 aliphatic carbocycles. The van der Waals surface area contributed by atoms with Crippen LogP contribution in [0, 0.1) is 11.8 Å². The SMILES string of the molecule is CCCNCc1ccc(CN2CCC(C(C)C)C2)cc1. The Balaban J connectivity index is 1.79. The molecule has 1 aliphatic rings. The maximum Gasteiger partial charge on any atom is 0.0233 e. The Hall–Kier alpha value is -0.860. The quantitative estimate of drug-likeness (QED) is 0.763. The summed E-state index contributed by atoms with van der Waals surface area (Å²) in [7, 11) is 0. The van der Waals surface area contributed by atoms with Crippen LogP contribution in [0.1, 0.15) is 44.7 Å². The molecule has 2 rings (SSSR count). The summed E-state index contributed by atoms with van der Waals surface area (Å²) >= 11 is 0.